The summed E-state index contributed by atoms with van der Waals surface area (Å²) in [7, 11) is 1.82. The number of thioether (sulfide) groups is 1. The summed E-state index contributed by atoms with van der Waals surface area (Å²) in [4.78, 5) is 4.27. The van der Waals surface area contributed by atoms with Crippen molar-refractivity contribution >= 4 is 41.7 Å². The number of aliphatic imine (C=N–C) groups is 1. The molecule has 5 heteroatoms. The van der Waals surface area contributed by atoms with Gasteiger partial charge in [-0.05, 0) is 31.6 Å². The molecule has 21 heavy (non-hydrogen) atoms. The van der Waals surface area contributed by atoms with Gasteiger partial charge in [-0.1, -0.05) is 37.3 Å². The van der Waals surface area contributed by atoms with E-state index in [0.29, 0.717) is 11.3 Å². The van der Waals surface area contributed by atoms with Gasteiger partial charge in [-0.15, -0.1) is 24.0 Å². The van der Waals surface area contributed by atoms with E-state index in [1.807, 2.05) is 18.8 Å². The molecule has 0 aromatic heterocycles. The van der Waals surface area contributed by atoms with E-state index in [0.717, 1.165) is 25.3 Å². The van der Waals surface area contributed by atoms with Gasteiger partial charge in [-0.2, -0.15) is 11.8 Å². The van der Waals surface area contributed by atoms with Crippen LogP contribution in [-0.4, -0.2) is 37.1 Å². The van der Waals surface area contributed by atoms with Gasteiger partial charge >= 0.3 is 0 Å². The number of rotatable bonds is 7. The Bertz CT molecular complexity index is 398. The highest BCUT2D eigenvalue weighted by Crippen LogP contribution is 2.05. The Kier molecular flexibility index (Phi) is 11.9. The maximum atomic E-state index is 4.27. The largest absolute Gasteiger partial charge is 0.355 e. The second-order valence-electron chi connectivity index (χ2n) is 5.07. The standard InChI is InChI=1S/C16H27N3S.HI/c1-13(10-11-15-8-6-5-7-9-15)19-16(17-3)18-12-14(2)20-4;/h5-9,13-14H,10-12H2,1-4H3,(H2,17,18,19);1H. The van der Waals surface area contributed by atoms with E-state index >= 15 is 0 Å². The number of aryl methyl sites for hydroxylation is 1. The highest BCUT2D eigenvalue weighted by Gasteiger charge is 2.06. The third kappa shape index (κ3) is 9.24. The van der Waals surface area contributed by atoms with Crippen molar-refractivity contribution in [2.24, 2.45) is 4.99 Å². The van der Waals surface area contributed by atoms with Crippen LogP contribution in [0.25, 0.3) is 0 Å². The van der Waals surface area contributed by atoms with E-state index in [9.17, 15) is 0 Å². The summed E-state index contributed by atoms with van der Waals surface area (Å²) >= 11 is 1.86. The van der Waals surface area contributed by atoms with E-state index in [-0.39, 0.29) is 24.0 Å². The SMILES string of the molecule is CN=C(NCC(C)SC)NC(C)CCc1ccccc1.I. The van der Waals surface area contributed by atoms with Crippen molar-refractivity contribution in [3.8, 4) is 0 Å². The average Bonchev–Trinajstić information content (AvgIpc) is 2.49. The third-order valence-corrected chi connectivity index (χ3v) is 4.25. The molecule has 1 aromatic carbocycles. The molecule has 2 atom stereocenters. The molecule has 1 aromatic rings. The van der Waals surface area contributed by atoms with Crippen LogP contribution in [0.2, 0.25) is 0 Å². The average molecular weight is 421 g/mol. The molecule has 0 saturated heterocycles. The lowest BCUT2D eigenvalue weighted by Gasteiger charge is -2.19. The molecule has 2 unspecified atom stereocenters. The van der Waals surface area contributed by atoms with Crippen LogP contribution in [0, 0.1) is 0 Å². The third-order valence-electron chi connectivity index (χ3n) is 3.27. The molecule has 0 amide bonds. The summed E-state index contributed by atoms with van der Waals surface area (Å²) in [5, 5.41) is 7.40. The summed E-state index contributed by atoms with van der Waals surface area (Å²) in [5.41, 5.74) is 1.39. The molecule has 3 nitrogen and oxygen atoms in total. The lowest BCUT2D eigenvalue weighted by molar-refractivity contribution is 0.593. The Labute approximate surface area is 150 Å². The maximum Gasteiger partial charge on any atom is 0.191 e. The van der Waals surface area contributed by atoms with Crippen LogP contribution in [0.15, 0.2) is 35.3 Å². The Morgan fingerprint density at radius 1 is 1.24 bits per heavy atom. The highest BCUT2D eigenvalue weighted by atomic mass is 127. The minimum absolute atomic E-state index is 0. The quantitative estimate of drug-likeness (QED) is 0.402. The van der Waals surface area contributed by atoms with Gasteiger partial charge in [0.2, 0.25) is 0 Å². The molecule has 0 spiro atoms. The van der Waals surface area contributed by atoms with Crippen LogP contribution < -0.4 is 10.6 Å². The van der Waals surface area contributed by atoms with Crippen molar-refractivity contribution in [3.63, 3.8) is 0 Å². The highest BCUT2D eigenvalue weighted by molar-refractivity contribution is 14.0. The smallest absolute Gasteiger partial charge is 0.191 e. The van der Waals surface area contributed by atoms with Crippen LogP contribution >= 0.6 is 35.7 Å². The van der Waals surface area contributed by atoms with E-state index in [2.05, 4.69) is 66.1 Å². The normalized spacial score (nSPS) is 14.0. The van der Waals surface area contributed by atoms with Crippen LogP contribution in [0.5, 0.6) is 0 Å². The number of guanidine groups is 1. The summed E-state index contributed by atoms with van der Waals surface area (Å²) in [6, 6.07) is 11.0. The van der Waals surface area contributed by atoms with Crippen molar-refractivity contribution in [3.05, 3.63) is 35.9 Å². The van der Waals surface area contributed by atoms with E-state index in [4.69, 9.17) is 0 Å². The van der Waals surface area contributed by atoms with E-state index in [1.54, 1.807) is 0 Å². The van der Waals surface area contributed by atoms with Gasteiger partial charge in [0, 0.05) is 24.9 Å². The number of hydrogen-bond acceptors (Lipinski definition) is 2. The van der Waals surface area contributed by atoms with Crippen LogP contribution in [0.3, 0.4) is 0 Å². The zero-order valence-electron chi connectivity index (χ0n) is 13.4. The Morgan fingerprint density at radius 3 is 2.48 bits per heavy atom. The topological polar surface area (TPSA) is 36.4 Å². The first kappa shape index (κ1) is 20.6. The van der Waals surface area contributed by atoms with Crippen molar-refractivity contribution in [2.75, 3.05) is 19.8 Å². The first-order valence-electron chi connectivity index (χ1n) is 7.19. The van der Waals surface area contributed by atoms with Crippen LogP contribution in [-0.2, 0) is 6.42 Å². The molecule has 0 heterocycles. The Balaban J connectivity index is 0.00000400. The lowest BCUT2D eigenvalue weighted by atomic mass is 10.1. The molecule has 120 valence electrons. The molecular formula is C16H28IN3S. The number of benzene rings is 1. The zero-order valence-corrected chi connectivity index (χ0v) is 16.6. The maximum absolute atomic E-state index is 4.27. The molecule has 0 aliphatic heterocycles. The number of nitrogens with one attached hydrogen (secondary N) is 2. The fraction of sp³-hybridized carbons (Fsp3) is 0.562. The van der Waals surface area contributed by atoms with E-state index < -0.39 is 0 Å². The van der Waals surface area contributed by atoms with Crippen molar-refractivity contribution in [1.29, 1.82) is 0 Å². The predicted molar refractivity (Wildman–Crippen MR) is 107 cm³/mol. The van der Waals surface area contributed by atoms with Gasteiger partial charge < -0.3 is 10.6 Å². The van der Waals surface area contributed by atoms with Crippen LogP contribution in [0.1, 0.15) is 25.8 Å². The fourth-order valence-corrected chi connectivity index (χ4v) is 2.10. The predicted octanol–water partition coefficient (Wildman–Crippen LogP) is 3.54. The summed E-state index contributed by atoms with van der Waals surface area (Å²) in [5.74, 6) is 0.895. The van der Waals surface area contributed by atoms with Gasteiger partial charge in [-0.3, -0.25) is 4.99 Å². The molecule has 0 aliphatic rings. The molecular weight excluding hydrogens is 393 g/mol. The Hall–Kier alpha value is -0.430. The first-order valence-corrected chi connectivity index (χ1v) is 8.48. The van der Waals surface area contributed by atoms with Gasteiger partial charge in [0.15, 0.2) is 5.96 Å². The summed E-state index contributed by atoms with van der Waals surface area (Å²) < 4.78 is 0. The molecule has 1 rings (SSSR count). The minimum atomic E-state index is 0. The zero-order chi connectivity index (χ0) is 14.8. The van der Waals surface area contributed by atoms with Gasteiger partial charge in [0.25, 0.3) is 0 Å². The fourth-order valence-electron chi connectivity index (χ4n) is 1.85. The Morgan fingerprint density at radius 2 is 1.90 bits per heavy atom. The molecule has 0 radical (unpaired) electrons. The van der Waals surface area contributed by atoms with Crippen molar-refractivity contribution in [2.45, 2.75) is 38.0 Å². The number of hydrogen-bond donors (Lipinski definition) is 2. The second-order valence-corrected chi connectivity index (χ2v) is 6.35. The molecule has 0 aliphatic carbocycles. The minimum Gasteiger partial charge on any atom is -0.355 e. The summed E-state index contributed by atoms with van der Waals surface area (Å²) in [6.07, 6.45) is 4.32. The van der Waals surface area contributed by atoms with Crippen molar-refractivity contribution < 1.29 is 0 Å². The van der Waals surface area contributed by atoms with E-state index in [1.165, 1.54) is 5.56 Å². The molecule has 0 fully saturated rings. The monoisotopic (exact) mass is 421 g/mol. The van der Waals surface area contributed by atoms with Gasteiger partial charge in [0.05, 0.1) is 0 Å². The van der Waals surface area contributed by atoms with Crippen molar-refractivity contribution in [1.82, 2.24) is 10.6 Å². The first-order chi connectivity index (χ1) is 9.65. The summed E-state index contributed by atoms with van der Waals surface area (Å²) in [6.45, 7) is 5.35. The number of nitrogens with zero attached hydrogens (tertiary/aromatic N) is 1. The molecule has 2 N–H and O–H groups in total. The molecule has 0 saturated carbocycles. The number of halogens is 1. The second kappa shape index (κ2) is 12.1. The van der Waals surface area contributed by atoms with Gasteiger partial charge in [-0.25, -0.2) is 0 Å². The van der Waals surface area contributed by atoms with Crippen LogP contribution in [0.4, 0.5) is 0 Å². The molecule has 0 bridgehead atoms. The van der Waals surface area contributed by atoms with Gasteiger partial charge in [0.1, 0.15) is 0 Å². The lowest BCUT2D eigenvalue weighted by Crippen LogP contribution is -2.44.